The molecule has 3 nitrogen and oxygen atoms in total. The molecule has 2 aliphatic heterocycles. The predicted molar refractivity (Wildman–Crippen MR) is 81.7 cm³/mol. The number of hydrogen-bond donors (Lipinski definition) is 0. The molecule has 1 aromatic rings. The Morgan fingerprint density at radius 1 is 1.20 bits per heavy atom. The third-order valence-corrected chi connectivity index (χ3v) is 4.50. The van der Waals surface area contributed by atoms with E-state index in [1.807, 2.05) is 11.0 Å². The second-order valence-electron chi connectivity index (χ2n) is 6.46. The van der Waals surface area contributed by atoms with Gasteiger partial charge in [-0.25, -0.2) is 4.99 Å². The molecular weight excluding hydrogens is 248 g/mol. The zero-order valence-corrected chi connectivity index (χ0v) is 12.6. The van der Waals surface area contributed by atoms with Gasteiger partial charge in [-0.15, -0.1) is 0 Å². The van der Waals surface area contributed by atoms with Crippen LogP contribution >= 0.6 is 0 Å². The van der Waals surface area contributed by atoms with E-state index in [4.69, 9.17) is 0 Å². The van der Waals surface area contributed by atoms with Crippen LogP contribution in [0.15, 0.2) is 23.2 Å². The zero-order valence-electron chi connectivity index (χ0n) is 12.6. The van der Waals surface area contributed by atoms with E-state index in [9.17, 15) is 4.79 Å². The minimum Gasteiger partial charge on any atom is -0.338 e. The largest absolute Gasteiger partial charge is 0.338 e. The molecule has 2 aliphatic rings. The van der Waals surface area contributed by atoms with Crippen LogP contribution in [0.5, 0.6) is 0 Å². The molecule has 0 bridgehead atoms. The van der Waals surface area contributed by atoms with Crippen LogP contribution in [-0.4, -0.2) is 29.6 Å². The van der Waals surface area contributed by atoms with E-state index < -0.39 is 0 Å². The van der Waals surface area contributed by atoms with Crippen molar-refractivity contribution >= 4 is 17.3 Å². The van der Waals surface area contributed by atoms with Gasteiger partial charge in [0, 0.05) is 18.5 Å². The Morgan fingerprint density at radius 2 is 1.90 bits per heavy atom. The molecule has 0 N–H and O–H groups in total. The number of benzene rings is 1. The van der Waals surface area contributed by atoms with Gasteiger partial charge >= 0.3 is 0 Å². The highest BCUT2D eigenvalue weighted by atomic mass is 16.2. The summed E-state index contributed by atoms with van der Waals surface area (Å²) in [6.45, 7) is 8.06. The van der Waals surface area contributed by atoms with Crippen molar-refractivity contribution in [2.75, 3.05) is 13.1 Å². The lowest BCUT2D eigenvalue weighted by Gasteiger charge is -2.30. The fourth-order valence-electron chi connectivity index (χ4n) is 3.20. The molecule has 0 aromatic heterocycles. The maximum atomic E-state index is 12.8. The van der Waals surface area contributed by atoms with Crippen molar-refractivity contribution in [1.82, 2.24) is 4.90 Å². The van der Waals surface area contributed by atoms with Gasteiger partial charge in [-0.2, -0.15) is 0 Å². The summed E-state index contributed by atoms with van der Waals surface area (Å²) in [7, 11) is 0. The van der Waals surface area contributed by atoms with Gasteiger partial charge in [0.05, 0.1) is 5.69 Å². The molecule has 0 aliphatic carbocycles. The lowest BCUT2D eigenvalue weighted by Crippen LogP contribution is -2.45. The molecule has 3 heteroatoms. The molecule has 106 valence electrons. The van der Waals surface area contributed by atoms with E-state index in [2.05, 4.69) is 37.9 Å². The minimum atomic E-state index is -0.282. The molecule has 0 saturated carbocycles. The van der Waals surface area contributed by atoms with Crippen molar-refractivity contribution in [2.24, 2.45) is 4.99 Å². The van der Waals surface area contributed by atoms with Crippen LogP contribution in [0.2, 0.25) is 0 Å². The number of piperidine rings is 1. The molecule has 0 atom stereocenters. The Balaban J connectivity index is 1.94. The highest BCUT2D eigenvalue weighted by molar-refractivity contribution is 6.43. The Bertz CT molecular complexity index is 581. The second kappa shape index (κ2) is 4.72. The lowest BCUT2D eigenvalue weighted by molar-refractivity contribution is -0.125. The Hall–Kier alpha value is -1.64. The van der Waals surface area contributed by atoms with Crippen molar-refractivity contribution in [1.29, 1.82) is 0 Å². The summed E-state index contributed by atoms with van der Waals surface area (Å²) in [5.41, 5.74) is 3.79. The Kier molecular flexibility index (Phi) is 3.15. The first-order chi connectivity index (χ1) is 9.50. The molecular formula is C17H22N2O. The molecule has 0 spiro atoms. The number of fused-ring (bicyclic) bond motifs is 1. The van der Waals surface area contributed by atoms with Crippen LogP contribution in [0.25, 0.3) is 0 Å². The van der Waals surface area contributed by atoms with Crippen LogP contribution in [0.3, 0.4) is 0 Å². The SMILES string of the molecule is Cc1ccc2c(c1)C(C)(C)C(C(=O)N1CCCCC1)=N2. The number of hydrogen-bond acceptors (Lipinski definition) is 2. The molecule has 1 saturated heterocycles. The highest BCUT2D eigenvalue weighted by Gasteiger charge is 2.40. The van der Waals surface area contributed by atoms with Gasteiger partial charge in [0.1, 0.15) is 5.71 Å². The van der Waals surface area contributed by atoms with Gasteiger partial charge in [-0.05, 0) is 51.7 Å². The monoisotopic (exact) mass is 270 g/mol. The molecule has 3 rings (SSSR count). The summed E-state index contributed by atoms with van der Waals surface area (Å²) in [6, 6.07) is 6.25. The van der Waals surface area contributed by atoms with Gasteiger partial charge in [0.2, 0.25) is 0 Å². The molecule has 0 radical (unpaired) electrons. The number of amides is 1. The van der Waals surface area contributed by atoms with E-state index >= 15 is 0 Å². The van der Waals surface area contributed by atoms with E-state index in [-0.39, 0.29) is 11.3 Å². The topological polar surface area (TPSA) is 32.7 Å². The number of aliphatic imine (C=N–C) groups is 1. The fourth-order valence-corrected chi connectivity index (χ4v) is 3.20. The maximum absolute atomic E-state index is 12.8. The van der Waals surface area contributed by atoms with Crippen molar-refractivity contribution in [2.45, 2.75) is 45.4 Å². The summed E-state index contributed by atoms with van der Waals surface area (Å²) in [5, 5.41) is 0. The number of likely N-dealkylation sites (tertiary alicyclic amines) is 1. The summed E-state index contributed by atoms with van der Waals surface area (Å²) < 4.78 is 0. The minimum absolute atomic E-state index is 0.128. The van der Waals surface area contributed by atoms with E-state index in [1.54, 1.807) is 0 Å². The Morgan fingerprint density at radius 3 is 2.60 bits per heavy atom. The number of carbonyl (C=O) groups is 1. The van der Waals surface area contributed by atoms with E-state index in [1.165, 1.54) is 17.5 Å². The van der Waals surface area contributed by atoms with Gasteiger partial charge in [-0.1, -0.05) is 17.7 Å². The molecule has 1 aromatic carbocycles. The predicted octanol–water partition coefficient (Wildman–Crippen LogP) is 3.37. The molecule has 20 heavy (non-hydrogen) atoms. The quantitative estimate of drug-likeness (QED) is 0.770. The summed E-state index contributed by atoms with van der Waals surface area (Å²) in [5.74, 6) is 0.128. The van der Waals surface area contributed by atoms with Crippen LogP contribution in [0, 0.1) is 6.92 Å². The lowest BCUT2D eigenvalue weighted by atomic mass is 9.80. The van der Waals surface area contributed by atoms with Crippen molar-refractivity contribution in [3.63, 3.8) is 0 Å². The normalized spacial score (nSPS) is 20.6. The second-order valence-corrected chi connectivity index (χ2v) is 6.46. The van der Waals surface area contributed by atoms with Crippen LogP contribution < -0.4 is 0 Å². The molecule has 1 amide bonds. The van der Waals surface area contributed by atoms with E-state index in [0.29, 0.717) is 5.71 Å². The summed E-state index contributed by atoms with van der Waals surface area (Å²) in [6.07, 6.45) is 3.47. The summed E-state index contributed by atoms with van der Waals surface area (Å²) >= 11 is 0. The maximum Gasteiger partial charge on any atom is 0.269 e. The molecule has 1 fully saturated rings. The van der Waals surface area contributed by atoms with Gasteiger partial charge in [0.15, 0.2) is 0 Å². The van der Waals surface area contributed by atoms with Gasteiger partial charge in [0.25, 0.3) is 5.91 Å². The number of carbonyl (C=O) groups excluding carboxylic acids is 1. The van der Waals surface area contributed by atoms with Crippen LogP contribution in [-0.2, 0) is 10.2 Å². The zero-order chi connectivity index (χ0) is 14.3. The van der Waals surface area contributed by atoms with Crippen molar-refractivity contribution < 1.29 is 4.79 Å². The fraction of sp³-hybridized carbons (Fsp3) is 0.529. The number of nitrogens with zero attached hydrogens (tertiary/aromatic N) is 2. The van der Waals surface area contributed by atoms with Gasteiger partial charge in [-0.3, -0.25) is 4.79 Å². The smallest absolute Gasteiger partial charge is 0.269 e. The van der Waals surface area contributed by atoms with Gasteiger partial charge < -0.3 is 4.90 Å². The first-order valence-corrected chi connectivity index (χ1v) is 7.50. The third kappa shape index (κ3) is 2.05. The van der Waals surface area contributed by atoms with Crippen LogP contribution in [0.1, 0.15) is 44.2 Å². The molecule has 2 heterocycles. The molecule has 0 unspecified atom stereocenters. The summed E-state index contributed by atoms with van der Waals surface area (Å²) in [4.78, 5) is 19.4. The average molecular weight is 270 g/mol. The van der Waals surface area contributed by atoms with Crippen LogP contribution in [0.4, 0.5) is 5.69 Å². The number of aryl methyl sites for hydroxylation is 1. The standard InChI is InChI=1S/C17H22N2O/c1-12-7-8-14-13(11-12)17(2,3)15(18-14)16(20)19-9-5-4-6-10-19/h7-8,11H,4-6,9-10H2,1-3H3. The average Bonchev–Trinajstić information content (AvgIpc) is 2.71. The Labute approximate surface area is 120 Å². The van der Waals surface area contributed by atoms with Crippen molar-refractivity contribution in [3.05, 3.63) is 29.3 Å². The highest BCUT2D eigenvalue weighted by Crippen LogP contribution is 2.41. The van der Waals surface area contributed by atoms with Crippen molar-refractivity contribution in [3.8, 4) is 0 Å². The number of rotatable bonds is 1. The first kappa shape index (κ1) is 13.3. The first-order valence-electron chi connectivity index (χ1n) is 7.50. The third-order valence-electron chi connectivity index (χ3n) is 4.50. The van der Waals surface area contributed by atoms with E-state index in [0.717, 1.165) is 31.6 Å².